The Labute approximate surface area is 115 Å². The number of halogens is 2. The van der Waals surface area contributed by atoms with Crippen LogP contribution < -0.4 is 15.8 Å². The van der Waals surface area contributed by atoms with E-state index in [0.717, 1.165) is 0 Å². The third-order valence-corrected chi connectivity index (χ3v) is 2.67. The molecule has 0 unspecified atom stereocenters. The van der Waals surface area contributed by atoms with Crippen LogP contribution in [0, 0.1) is 5.82 Å². The highest BCUT2D eigenvalue weighted by atomic mass is 35.5. The predicted octanol–water partition coefficient (Wildman–Crippen LogP) is 3.60. The lowest BCUT2D eigenvalue weighted by Gasteiger charge is -2.10. The first-order valence-corrected chi connectivity index (χ1v) is 6.09. The lowest BCUT2D eigenvalue weighted by molar-refractivity contribution is 0.329. The topological polar surface area (TPSA) is 60.2 Å². The van der Waals surface area contributed by atoms with E-state index in [1.54, 1.807) is 18.2 Å². The normalized spacial score (nSPS) is 10.3. The van der Waals surface area contributed by atoms with Crippen molar-refractivity contribution in [1.82, 2.24) is 4.98 Å². The monoisotopic (exact) mass is 281 g/mol. The van der Waals surface area contributed by atoms with Crippen molar-refractivity contribution in [2.75, 3.05) is 17.7 Å². The second kappa shape index (κ2) is 5.75. The maximum Gasteiger partial charge on any atom is 0.239 e. The average Bonchev–Trinajstić information content (AvgIpc) is 2.38. The summed E-state index contributed by atoms with van der Waals surface area (Å²) in [5.74, 6) is 0.369. The molecule has 0 fully saturated rings. The van der Waals surface area contributed by atoms with Crippen molar-refractivity contribution in [3.8, 4) is 5.88 Å². The molecule has 3 N–H and O–H groups in total. The third kappa shape index (κ3) is 3.26. The van der Waals surface area contributed by atoms with E-state index in [1.807, 2.05) is 6.92 Å². The number of hydrogen-bond acceptors (Lipinski definition) is 4. The van der Waals surface area contributed by atoms with Crippen molar-refractivity contribution >= 4 is 28.8 Å². The number of nitrogens with two attached hydrogens (primary N) is 1. The summed E-state index contributed by atoms with van der Waals surface area (Å²) in [6.07, 6.45) is 0. The van der Waals surface area contributed by atoms with Gasteiger partial charge in [-0.25, -0.2) is 4.39 Å². The van der Waals surface area contributed by atoms with E-state index in [2.05, 4.69) is 10.3 Å². The fourth-order valence-corrected chi connectivity index (χ4v) is 1.61. The Morgan fingerprint density at radius 3 is 2.84 bits per heavy atom. The molecule has 1 aromatic heterocycles. The Balaban J connectivity index is 2.22. The quantitative estimate of drug-likeness (QED) is 0.899. The minimum atomic E-state index is -0.493. The Kier molecular flexibility index (Phi) is 4.06. The number of nitrogens with zero attached hydrogens (tertiary/aromatic N) is 1. The van der Waals surface area contributed by atoms with Crippen LogP contribution in [-0.2, 0) is 0 Å². The van der Waals surface area contributed by atoms with Gasteiger partial charge in [-0.3, -0.25) is 0 Å². The van der Waals surface area contributed by atoms with Crippen LogP contribution in [0.1, 0.15) is 6.92 Å². The van der Waals surface area contributed by atoms with Gasteiger partial charge in [0.2, 0.25) is 5.88 Å². The minimum Gasteiger partial charge on any atom is -0.476 e. The summed E-state index contributed by atoms with van der Waals surface area (Å²) in [7, 11) is 0. The molecule has 0 saturated carbocycles. The summed E-state index contributed by atoms with van der Waals surface area (Å²) < 4.78 is 18.6. The van der Waals surface area contributed by atoms with Crippen LogP contribution in [0.5, 0.6) is 5.88 Å². The Morgan fingerprint density at radius 1 is 1.37 bits per heavy atom. The number of benzene rings is 1. The van der Waals surface area contributed by atoms with Crippen LogP contribution in [-0.4, -0.2) is 11.6 Å². The van der Waals surface area contributed by atoms with E-state index >= 15 is 0 Å². The SMILES string of the molecule is CCOc1nc(Nc2ccc(Cl)c(F)c2)ccc1N. The summed E-state index contributed by atoms with van der Waals surface area (Å²) in [5.41, 5.74) is 6.72. The smallest absolute Gasteiger partial charge is 0.239 e. The molecule has 19 heavy (non-hydrogen) atoms. The zero-order valence-electron chi connectivity index (χ0n) is 10.3. The number of pyridine rings is 1. The summed E-state index contributed by atoms with van der Waals surface area (Å²) in [4.78, 5) is 4.20. The van der Waals surface area contributed by atoms with Crippen molar-refractivity contribution in [2.24, 2.45) is 0 Å². The summed E-state index contributed by atoms with van der Waals surface area (Å²) in [6.45, 7) is 2.31. The highest BCUT2D eigenvalue weighted by Gasteiger charge is 2.05. The first kappa shape index (κ1) is 13.4. The van der Waals surface area contributed by atoms with Gasteiger partial charge >= 0.3 is 0 Å². The third-order valence-electron chi connectivity index (χ3n) is 2.36. The number of nitrogens with one attached hydrogen (secondary N) is 1. The van der Waals surface area contributed by atoms with Gasteiger partial charge in [-0.15, -0.1) is 0 Å². The molecular weight excluding hydrogens is 269 g/mol. The molecule has 0 aliphatic carbocycles. The molecule has 100 valence electrons. The summed E-state index contributed by atoms with van der Waals surface area (Å²) in [6, 6.07) is 7.78. The second-order valence-corrected chi connectivity index (χ2v) is 4.18. The summed E-state index contributed by atoms with van der Waals surface area (Å²) in [5, 5.41) is 3.03. The van der Waals surface area contributed by atoms with E-state index in [0.29, 0.717) is 29.7 Å². The maximum absolute atomic E-state index is 13.3. The number of rotatable bonds is 4. The highest BCUT2D eigenvalue weighted by Crippen LogP contribution is 2.25. The van der Waals surface area contributed by atoms with Gasteiger partial charge < -0.3 is 15.8 Å². The molecular formula is C13H13ClFN3O. The van der Waals surface area contributed by atoms with Crippen LogP contribution in [0.3, 0.4) is 0 Å². The molecule has 2 rings (SSSR count). The van der Waals surface area contributed by atoms with E-state index in [9.17, 15) is 4.39 Å². The molecule has 0 saturated heterocycles. The molecule has 0 spiro atoms. The lowest BCUT2D eigenvalue weighted by atomic mass is 10.3. The van der Waals surface area contributed by atoms with E-state index in [-0.39, 0.29) is 5.02 Å². The van der Waals surface area contributed by atoms with E-state index in [4.69, 9.17) is 22.1 Å². The Bertz CT molecular complexity index is 592. The minimum absolute atomic E-state index is 0.0748. The second-order valence-electron chi connectivity index (χ2n) is 3.78. The van der Waals surface area contributed by atoms with Crippen LogP contribution in [0.2, 0.25) is 5.02 Å². The van der Waals surface area contributed by atoms with Gasteiger partial charge in [-0.05, 0) is 37.3 Å². The maximum atomic E-state index is 13.3. The Hall–Kier alpha value is -2.01. The highest BCUT2D eigenvalue weighted by molar-refractivity contribution is 6.30. The number of aromatic nitrogens is 1. The van der Waals surface area contributed by atoms with Crippen LogP contribution in [0.15, 0.2) is 30.3 Å². The van der Waals surface area contributed by atoms with Crippen molar-refractivity contribution in [2.45, 2.75) is 6.92 Å². The number of ether oxygens (including phenoxy) is 1. The zero-order valence-corrected chi connectivity index (χ0v) is 11.0. The van der Waals surface area contributed by atoms with Gasteiger partial charge in [0.1, 0.15) is 11.6 Å². The van der Waals surface area contributed by atoms with Gasteiger partial charge in [0.05, 0.1) is 17.3 Å². The van der Waals surface area contributed by atoms with E-state index in [1.165, 1.54) is 12.1 Å². The molecule has 0 aliphatic rings. The largest absolute Gasteiger partial charge is 0.476 e. The zero-order chi connectivity index (χ0) is 13.8. The predicted molar refractivity (Wildman–Crippen MR) is 74.5 cm³/mol. The van der Waals surface area contributed by atoms with Crippen LogP contribution >= 0.6 is 11.6 Å². The van der Waals surface area contributed by atoms with Gasteiger partial charge in [-0.2, -0.15) is 4.98 Å². The molecule has 0 radical (unpaired) electrons. The van der Waals surface area contributed by atoms with Crippen LogP contribution in [0.4, 0.5) is 21.6 Å². The number of anilines is 3. The van der Waals surface area contributed by atoms with Gasteiger partial charge in [0.25, 0.3) is 0 Å². The first-order chi connectivity index (χ1) is 9.10. The molecule has 4 nitrogen and oxygen atoms in total. The molecule has 0 amide bonds. The molecule has 0 bridgehead atoms. The number of nitrogen functional groups attached to an aromatic ring is 1. The van der Waals surface area contributed by atoms with Crippen molar-refractivity contribution in [1.29, 1.82) is 0 Å². The fraction of sp³-hybridized carbons (Fsp3) is 0.154. The molecule has 1 heterocycles. The van der Waals surface area contributed by atoms with E-state index < -0.39 is 5.82 Å². The lowest BCUT2D eigenvalue weighted by Crippen LogP contribution is -2.02. The summed E-state index contributed by atoms with van der Waals surface area (Å²) >= 11 is 5.62. The molecule has 0 aliphatic heterocycles. The standard InChI is InChI=1S/C13H13ClFN3O/c1-2-19-13-11(16)5-6-12(18-13)17-8-3-4-9(14)10(15)7-8/h3-7H,2,16H2,1H3,(H,17,18). The molecule has 6 heteroatoms. The van der Waals surface area contributed by atoms with Gasteiger partial charge in [-0.1, -0.05) is 11.6 Å². The van der Waals surface area contributed by atoms with Gasteiger partial charge in [0.15, 0.2) is 0 Å². The molecule has 1 aromatic carbocycles. The van der Waals surface area contributed by atoms with Crippen molar-refractivity contribution < 1.29 is 9.13 Å². The van der Waals surface area contributed by atoms with Gasteiger partial charge in [0, 0.05) is 5.69 Å². The van der Waals surface area contributed by atoms with Crippen molar-refractivity contribution in [3.05, 3.63) is 41.2 Å². The van der Waals surface area contributed by atoms with Crippen LogP contribution in [0.25, 0.3) is 0 Å². The first-order valence-electron chi connectivity index (χ1n) is 5.71. The fourth-order valence-electron chi connectivity index (χ4n) is 1.49. The molecule has 2 aromatic rings. The number of hydrogen-bond donors (Lipinski definition) is 2. The molecule has 0 atom stereocenters. The average molecular weight is 282 g/mol. The Morgan fingerprint density at radius 2 is 2.16 bits per heavy atom. The van der Waals surface area contributed by atoms with Crippen molar-refractivity contribution in [3.63, 3.8) is 0 Å².